The highest BCUT2D eigenvalue weighted by Gasteiger charge is 2.17. The maximum absolute atomic E-state index is 12.8. The number of sulfonamides is 1. The number of rotatable bonds is 9. The van der Waals surface area contributed by atoms with E-state index in [4.69, 9.17) is 9.47 Å². The minimum absolute atomic E-state index is 0.232. The number of anilines is 1. The third-order valence-electron chi connectivity index (χ3n) is 5.01. The minimum atomic E-state index is -3.73. The lowest BCUT2D eigenvalue weighted by atomic mass is 10.1. The predicted octanol–water partition coefficient (Wildman–Crippen LogP) is 4.44. The number of nitrogens with one attached hydrogen (secondary N) is 2. The summed E-state index contributed by atoms with van der Waals surface area (Å²) in [6.07, 6.45) is 0. The average Bonchev–Trinajstić information content (AvgIpc) is 2.80. The summed E-state index contributed by atoms with van der Waals surface area (Å²) in [5, 5.41) is 2.85. The van der Waals surface area contributed by atoms with Crippen LogP contribution >= 0.6 is 0 Å². The number of hydrogen-bond acceptors (Lipinski definition) is 5. The topological polar surface area (TPSA) is 93.7 Å². The van der Waals surface area contributed by atoms with Crippen molar-refractivity contribution in [2.24, 2.45) is 0 Å². The lowest BCUT2D eigenvalue weighted by molar-refractivity contribution is 0.0951. The Balaban J connectivity index is 1.65. The smallest absolute Gasteiger partial charge is 0.262 e. The van der Waals surface area contributed by atoms with Crippen molar-refractivity contribution in [3.8, 4) is 11.5 Å². The van der Waals surface area contributed by atoms with Crippen LogP contribution in [0.4, 0.5) is 5.69 Å². The van der Waals surface area contributed by atoms with Crippen LogP contribution in [-0.2, 0) is 16.6 Å². The lowest BCUT2D eigenvalue weighted by Crippen LogP contribution is -2.22. The first kappa shape index (κ1) is 24.1. The number of methoxy groups -OCH3 is 1. The van der Waals surface area contributed by atoms with Crippen LogP contribution < -0.4 is 19.5 Å². The highest BCUT2D eigenvalue weighted by atomic mass is 32.2. The summed E-state index contributed by atoms with van der Waals surface area (Å²) < 4.78 is 38.9. The van der Waals surface area contributed by atoms with Crippen molar-refractivity contribution in [3.63, 3.8) is 0 Å². The second kappa shape index (κ2) is 10.4. The molecule has 3 aromatic rings. The van der Waals surface area contributed by atoms with E-state index in [9.17, 15) is 13.2 Å². The maximum atomic E-state index is 12.8. The average molecular weight is 469 g/mol. The van der Waals surface area contributed by atoms with Crippen molar-refractivity contribution < 1.29 is 22.7 Å². The fourth-order valence-electron chi connectivity index (χ4n) is 3.28. The number of carbonyl (C=O) groups is 1. The summed E-state index contributed by atoms with van der Waals surface area (Å²) in [5.74, 6) is 0.977. The first-order chi connectivity index (χ1) is 15.7. The first-order valence-electron chi connectivity index (χ1n) is 10.5. The summed E-state index contributed by atoms with van der Waals surface area (Å²) in [7, 11) is -2.17. The third-order valence-corrected chi connectivity index (χ3v) is 6.54. The summed E-state index contributed by atoms with van der Waals surface area (Å²) >= 11 is 0. The number of amides is 1. The van der Waals surface area contributed by atoms with Gasteiger partial charge in [0.15, 0.2) is 11.5 Å². The van der Waals surface area contributed by atoms with Gasteiger partial charge in [-0.25, -0.2) is 8.42 Å². The standard InChI is InChI=1S/C25H28N2O5S/c1-5-32-22-13-8-19(15-23(22)31-4)16-26-25(28)20-9-11-21(12-10-20)27-33(29,30)24-14-17(2)6-7-18(24)3/h6-15,27H,5,16H2,1-4H3,(H,26,28). The normalized spacial score (nSPS) is 11.0. The molecule has 0 bridgehead atoms. The van der Waals surface area contributed by atoms with Gasteiger partial charge in [-0.2, -0.15) is 0 Å². The number of hydrogen-bond donors (Lipinski definition) is 2. The van der Waals surface area contributed by atoms with Crippen molar-refractivity contribution >= 4 is 21.6 Å². The molecule has 1 amide bonds. The van der Waals surface area contributed by atoms with Crippen molar-refractivity contribution in [2.75, 3.05) is 18.4 Å². The second-order valence-corrected chi connectivity index (χ2v) is 9.20. The zero-order chi connectivity index (χ0) is 24.0. The molecule has 0 aliphatic rings. The van der Waals surface area contributed by atoms with Crippen LogP contribution in [-0.4, -0.2) is 28.0 Å². The van der Waals surface area contributed by atoms with Crippen molar-refractivity contribution in [3.05, 3.63) is 82.9 Å². The minimum Gasteiger partial charge on any atom is -0.493 e. The number of aryl methyl sites for hydroxylation is 2. The van der Waals surface area contributed by atoms with Gasteiger partial charge in [0.25, 0.3) is 15.9 Å². The number of benzene rings is 3. The van der Waals surface area contributed by atoms with E-state index in [2.05, 4.69) is 10.0 Å². The Labute approximate surface area is 194 Å². The van der Waals surface area contributed by atoms with E-state index in [0.29, 0.717) is 41.5 Å². The van der Waals surface area contributed by atoms with E-state index in [1.165, 1.54) is 0 Å². The zero-order valence-corrected chi connectivity index (χ0v) is 20.0. The molecule has 0 saturated carbocycles. The largest absolute Gasteiger partial charge is 0.493 e. The van der Waals surface area contributed by atoms with Crippen LogP contribution in [0, 0.1) is 13.8 Å². The van der Waals surface area contributed by atoms with Gasteiger partial charge in [0.1, 0.15) is 0 Å². The molecule has 3 aromatic carbocycles. The van der Waals surface area contributed by atoms with Crippen molar-refractivity contribution in [1.29, 1.82) is 0 Å². The van der Waals surface area contributed by atoms with Gasteiger partial charge in [-0.1, -0.05) is 18.2 Å². The molecule has 0 aromatic heterocycles. The van der Waals surface area contributed by atoms with Crippen LogP contribution in [0.25, 0.3) is 0 Å². The monoisotopic (exact) mass is 468 g/mol. The van der Waals surface area contributed by atoms with Gasteiger partial charge in [0.2, 0.25) is 0 Å². The van der Waals surface area contributed by atoms with Crippen molar-refractivity contribution in [1.82, 2.24) is 5.32 Å². The SMILES string of the molecule is CCOc1ccc(CNC(=O)c2ccc(NS(=O)(=O)c3cc(C)ccc3C)cc2)cc1OC. The Hall–Kier alpha value is -3.52. The number of ether oxygens (including phenoxy) is 2. The summed E-state index contributed by atoms with van der Waals surface area (Å²) in [5.41, 5.74) is 3.18. The van der Waals surface area contributed by atoms with E-state index < -0.39 is 10.0 Å². The van der Waals surface area contributed by atoms with Gasteiger partial charge in [-0.15, -0.1) is 0 Å². The molecular formula is C25H28N2O5S. The molecule has 0 aliphatic carbocycles. The molecule has 174 valence electrons. The van der Waals surface area contributed by atoms with Gasteiger partial charge < -0.3 is 14.8 Å². The molecule has 0 unspecified atom stereocenters. The van der Waals surface area contributed by atoms with Crippen LogP contribution in [0.15, 0.2) is 65.6 Å². The second-order valence-electron chi connectivity index (χ2n) is 7.55. The molecule has 0 saturated heterocycles. The predicted molar refractivity (Wildman–Crippen MR) is 128 cm³/mol. The Morgan fingerprint density at radius 2 is 1.67 bits per heavy atom. The Kier molecular flexibility index (Phi) is 7.60. The van der Waals surface area contributed by atoms with E-state index >= 15 is 0 Å². The van der Waals surface area contributed by atoms with E-state index in [1.807, 2.05) is 32.0 Å². The Bertz CT molecular complexity index is 1240. The third kappa shape index (κ3) is 6.04. The van der Waals surface area contributed by atoms with Gasteiger partial charge in [-0.3, -0.25) is 9.52 Å². The van der Waals surface area contributed by atoms with Gasteiger partial charge in [0.05, 0.1) is 18.6 Å². The molecule has 7 nitrogen and oxygen atoms in total. The quantitative estimate of drug-likeness (QED) is 0.484. The highest BCUT2D eigenvalue weighted by Crippen LogP contribution is 2.28. The first-order valence-corrected chi connectivity index (χ1v) is 12.0. The fourth-order valence-corrected chi connectivity index (χ4v) is 4.67. The molecule has 33 heavy (non-hydrogen) atoms. The molecule has 0 spiro atoms. The van der Waals surface area contributed by atoms with E-state index in [1.54, 1.807) is 56.5 Å². The van der Waals surface area contributed by atoms with Gasteiger partial charge >= 0.3 is 0 Å². The lowest BCUT2D eigenvalue weighted by Gasteiger charge is -2.12. The summed E-state index contributed by atoms with van der Waals surface area (Å²) in [4.78, 5) is 12.8. The van der Waals surface area contributed by atoms with E-state index in [0.717, 1.165) is 11.1 Å². The van der Waals surface area contributed by atoms with Crippen LogP contribution in [0.1, 0.15) is 34.0 Å². The Morgan fingerprint density at radius 3 is 2.33 bits per heavy atom. The van der Waals surface area contributed by atoms with E-state index in [-0.39, 0.29) is 10.8 Å². The molecule has 8 heteroatoms. The highest BCUT2D eigenvalue weighted by molar-refractivity contribution is 7.92. The molecule has 0 fully saturated rings. The summed E-state index contributed by atoms with van der Waals surface area (Å²) in [6, 6.07) is 17.0. The molecule has 0 aliphatic heterocycles. The maximum Gasteiger partial charge on any atom is 0.262 e. The van der Waals surface area contributed by atoms with Crippen LogP contribution in [0.5, 0.6) is 11.5 Å². The van der Waals surface area contributed by atoms with Crippen molar-refractivity contribution in [2.45, 2.75) is 32.2 Å². The molecule has 3 rings (SSSR count). The molecule has 0 radical (unpaired) electrons. The molecule has 0 atom stereocenters. The van der Waals surface area contributed by atoms with Gasteiger partial charge in [-0.05, 0) is 79.9 Å². The fraction of sp³-hybridized carbons (Fsp3) is 0.240. The number of carbonyl (C=O) groups excluding carboxylic acids is 1. The van der Waals surface area contributed by atoms with Crippen LogP contribution in [0.3, 0.4) is 0 Å². The van der Waals surface area contributed by atoms with Gasteiger partial charge in [0, 0.05) is 17.8 Å². The Morgan fingerprint density at radius 1 is 0.939 bits per heavy atom. The molecular weight excluding hydrogens is 440 g/mol. The molecule has 2 N–H and O–H groups in total. The van der Waals surface area contributed by atoms with Crippen LogP contribution in [0.2, 0.25) is 0 Å². The molecule has 0 heterocycles. The summed E-state index contributed by atoms with van der Waals surface area (Å²) in [6.45, 7) is 6.33. The zero-order valence-electron chi connectivity index (χ0n) is 19.1.